The second kappa shape index (κ2) is 6.17. The van der Waals surface area contributed by atoms with Gasteiger partial charge in [-0.3, -0.25) is 19.7 Å². The molecule has 5 heteroatoms. The van der Waals surface area contributed by atoms with Gasteiger partial charge in [0.15, 0.2) is 0 Å². The van der Waals surface area contributed by atoms with Gasteiger partial charge in [0, 0.05) is 25.0 Å². The van der Waals surface area contributed by atoms with E-state index in [9.17, 15) is 4.79 Å². The molecular formula is C11H17N3O2. The highest BCUT2D eigenvalue weighted by molar-refractivity contribution is 5.66. The Kier molecular flexibility index (Phi) is 4.85. The number of carboxylic acids is 1. The lowest BCUT2D eigenvalue weighted by Gasteiger charge is -2.23. The van der Waals surface area contributed by atoms with E-state index in [-0.39, 0.29) is 12.5 Å². The lowest BCUT2D eigenvalue weighted by molar-refractivity contribution is -0.137. The SMILES string of the molecule is CC(c1cnccn1)N(C)CCCC(=O)O. The molecule has 88 valence electrons. The normalized spacial score (nSPS) is 12.7. The van der Waals surface area contributed by atoms with Gasteiger partial charge in [-0.15, -0.1) is 0 Å². The van der Waals surface area contributed by atoms with Crippen LogP contribution in [0.5, 0.6) is 0 Å². The summed E-state index contributed by atoms with van der Waals surface area (Å²) in [6.07, 6.45) is 5.89. The van der Waals surface area contributed by atoms with Gasteiger partial charge in [-0.2, -0.15) is 0 Å². The van der Waals surface area contributed by atoms with Gasteiger partial charge >= 0.3 is 5.97 Å². The number of rotatable bonds is 6. The van der Waals surface area contributed by atoms with Crippen molar-refractivity contribution < 1.29 is 9.90 Å². The molecule has 0 amide bonds. The van der Waals surface area contributed by atoms with Crippen LogP contribution >= 0.6 is 0 Å². The Morgan fingerprint density at radius 2 is 2.31 bits per heavy atom. The maximum atomic E-state index is 10.4. The zero-order valence-corrected chi connectivity index (χ0v) is 9.63. The number of hydrogen-bond donors (Lipinski definition) is 1. The minimum Gasteiger partial charge on any atom is -0.481 e. The van der Waals surface area contributed by atoms with Crippen molar-refractivity contribution in [2.45, 2.75) is 25.8 Å². The van der Waals surface area contributed by atoms with E-state index in [0.29, 0.717) is 6.42 Å². The van der Waals surface area contributed by atoms with Crippen molar-refractivity contribution in [3.05, 3.63) is 24.3 Å². The average molecular weight is 223 g/mol. The Labute approximate surface area is 95.1 Å². The third-order valence-electron chi connectivity index (χ3n) is 2.57. The zero-order chi connectivity index (χ0) is 12.0. The van der Waals surface area contributed by atoms with E-state index in [2.05, 4.69) is 14.9 Å². The second-order valence-electron chi connectivity index (χ2n) is 3.78. The summed E-state index contributed by atoms with van der Waals surface area (Å²) in [6.45, 7) is 2.77. The first-order chi connectivity index (χ1) is 7.61. The molecule has 0 bridgehead atoms. The summed E-state index contributed by atoms with van der Waals surface area (Å²) in [6, 6.07) is 0.155. The molecule has 1 atom stereocenters. The summed E-state index contributed by atoms with van der Waals surface area (Å²) < 4.78 is 0. The Morgan fingerprint density at radius 1 is 1.56 bits per heavy atom. The number of carboxylic acid groups (broad SMARTS) is 1. The van der Waals surface area contributed by atoms with Crippen LogP contribution in [0.2, 0.25) is 0 Å². The van der Waals surface area contributed by atoms with Crippen LogP contribution < -0.4 is 0 Å². The number of hydrogen-bond acceptors (Lipinski definition) is 4. The Morgan fingerprint density at radius 3 is 2.88 bits per heavy atom. The first kappa shape index (κ1) is 12.6. The van der Waals surface area contributed by atoms with Crippen LogP contribution in [-0.2, 0) is 4.79 Å². The summed E-state index contributed by atoms with van der Waals surface area (Å²) in [5.74, 6) is -0.749. The van der Waals surface area contributed by atoms with Crippen LogP contribution in [0, 0.1) is 0 Å². The molecule has 0 saturated carbocycles. The van der Waals surface area contributed by atoms with E-state index in [1.54, 1.807) is 18.6 Å². The van der Waals surface area contributed by atoms with E-state index in [4.69, 9.17) is 5.11 Å². The fourth-order valence-corrected chi connectivity index (χ4v) is 1.43. The molecule has 0 fully saturated rings. The van der Waals surface area contributed by atoms with Crippen molar-refractivity contribution in [1.29, 1.82) is 0 Å². The lowest BCUT2D eigenvalue weighted by atomic mass is 10.2. The molecular weight excluding hydrogens is 206 g/mol. The summed E-state index contributed by atoms with van der Waals surface area (Å²) in [7, 11) is 1.96. The highest BCUT2D eigenvalue weighted by Crippen LogP contribution is 2.15. The molecule has 0 aliphatic carbocycles. The molecule has 1 aromatic rings. The molecule has 5 nitrogen and oxygen atoms in total. The van der Waals surface area contributed by atoms with Crippen LogP contribution in [0.4, 0.5) is 0 Å². The average Bonchev–Trinajstić information content (AvgIpc) is 2.28. The van der Waals surface area contributed by atoms with Gasteiger partial charge in [-0.25, -0.2) is 0 Å². The third-order valence-corrected chi connectivity index (χ3v) is 2.57. The zero-order valence-electron chi connectivity index (χ0n) is 9.63. The second-order valence-corrected chi connectivity index (χ2v) is 3.78. The summed E-state index contributed by atoms with van der Waals surface area (Å²) in [5.41, 5.74) is 0.903. The Balaban J connectivity index is 2.42. The van der Waals surface area contributed by atoms with E-state index in [1.165, 1.54) is 0 Å². The molecule has 1 rings (SSSR count). The maximum absolute atomic E-state index is 10.4. The predicted molar refractivity (Wildman–Crippen MR) is 59.9 cm³/mol. The number of aromatic nitrogens is 2. The maximum Gasteiger partial charge on any atom is 0.303 e. The van der Waals surface area contributed by atoms with Crippen molar-refractivity contribution in [2.24, 2.45) is 0 Å². The molecule has 1 unspecified atom stereocenters. The van der Waals surface area contributed by atoms with Crippen LogP contribution in [0.25, 0.3) is 0 Å². The molecule has 0 spiro atoms. The molecule has 1 aromatic heterocycles. The van der Waals surface area contributed by atoms with Gasteiger partial charge in [-0.05, 0) is 26.9 Å². The summed E-state index contributed by atoms with van der Waals surface area (Å²) in [5, 5.41) is 8.54. The van der Waals surface area contributed by atoms with Crippen molar-refractivity contribution in [1.82, 2.24) is 14.9 Å². The molecule has 1 N–H and O–H groups in total. The topological polar surface area (TPSA) is 66.3 Å². The first-order valence-corrected chi connectivity index (χ1v) is 5.29. The largest absolute Gasteiger partial charge is 0.481 e. The molecule has 0 saturated heterocycles. The number of nitrogens with zero attached hydrogens (tertiary/aromatic N) is 3. The molecule has 0 aliphatic heterocycles. The van der Waals surface area contributed by atoms with Crippen molar-refractivity contribution in [2.75, 3.05) is 13.6 Å². The van der Waals surface area contributed by atoms with Gasteiger partial charge in [0.1, 0.15) is 0 Å². The van der Waals surface area contributed by atoms with Crippen LogP contribution in [-0.4, -0.2) is 39.5 Å². The van der Waals surface area contributed by atoms with Crippen molar-refractivity contribution >= 4 is 5.97 Å². The lowest BCUT2D eigenvalue weighted by Crippen LogP contribution is -2.24. The van der Waals surface area contributed by atoms with E-state index in [0.717, 1.165) is 12.2 Å². The molecule has 0 aliphatic rings. The van der Waals surface area contributed by atoms with E-state index >= 15 is 0 Å². The van der Waals surface area contributed by atoms with E-state index < -0.39 is 5.97 Å². The fraction of sp³-hybridized carbons (Fsp3) is 0.545. The minimum absolute atomic E-state index is 0.155. The number of carbonyl (C=O) groups is 1. The van der Waals surface area contributed by atoms with Crippen LogP contribution in [0.3, 0.4) is 0 Å². The monoisotopic (exact) mass is 223 g/mol. The fourth-order valence-electron chi connectivity index (χ4n) is 1.43. The van der Waals surface area contributed by atoms with E-state index in [1.807, 2.05) is 14.0 Å². The summed E-state index contributed by atoms with van der Waals surface area (Å²) in [4.78, 5) is 20.7. The van der Waals surface area contributed by atoms with Crippen LogP contribution in [0.1, 0.15) is 31.5 Å². The highest BCUT2D eigenvalue weighted by atomic mass is 16.4. The van der Waals surface area contributed by atoms with Gasteiger partial charge in [0.2, 0.25) is 0 Å². The molecule has 1 heterocycles. The summed E-state index contributed by atoms with van der Waals surface area (Å²) >= 11 is 0. The smallest absolute Gasteiger partial charge is 0.303 e. The van der Waals surface area contributed by atoms with Crippen molar-refractivity contribution in [3.63, 3.8) is 0 Å². The van der Waals surface area contributed by atoms with Gasteiger partial charge in [0.25, 0.3) is 0 Å². The molecule has 0 aromatic carbocycles. The quantitative estimate of drug-likeness (QED) is 0.788. The minimum atomic E-state index is -0.749. The Bertz CT molecular complexity index is 329. The number of aliphatic carboxylic acids is 1. The Hall–Kier alpha value is -1.49. The van der Waals surface area contributed by atoms with Gasteiger partial charge in [-0.1, -0.05) is 0 Å². The third kappa shape index (κ3) is 3.94. The van der Waals surface area contributed by atoms with Gasteiger partial charge in [0.05, 0.1) is 11.7 Å². The highest BCUT2D eigenvalue weighted by Gasteiger charge is 2.12. The molecule has 16 heavy (non-hydrogen) atoms. The molecule has 0 radical (unpaired) electrons. The predicted octanol–water partition coefficient (Wildman–Crippen LogP) is 1.33. The van der Waals surface area contributed by atoms with Crippen LogP contribution in [0.15, 0.2) is 18.6 Å². The van der Waals surface area contributed by atoms with Crippen molar-refractivity contribution in [3.8, 4) is 0 Å². The first-order valence-electron chi connectivity index (χ1n) is 5.29. The van der Waals surface area contributed by atoms with Gasteiger partial charge < -0.3 is 5.11 Å². The standard InChI is InChI=1S/C11H17N3O2/c1-9(10-8-12-5-6-13-10)14(2)7-3-4-11(15)16/h5-6,8-9H,3-4,7H2,1-2H3,(H,15,16).